The van der Waals surface area contributed by atoms with E-state index in [0.717, 1.165) is 30.9 Å². The average Bonchev–Trinajstić information content (AvgIpc) is 2.57. The summed E-state index contributed by atoms with van der Waals surface area (Å²) >= 11 is 0. The van der Waals surface area contributed by atoms with E-state index in [1.165, 1.54) is 12.1 Å². The lowest BCUT2D eigenvalue weighted by atomic mass is 10.2. The third kappa shape index (κ3) is 2.93. The van der Waals surface area contributed by atoms with Gasteiger partial charge in [-0.05, 0) is 12.8 Å². The van der Waals surface area contributed by atoms with Crippen molar-refractivity contribution < 1.29 is 17.5 Å². The third-order valence-corrected chi connectivity index (χ3v) is 2.69. The van der Waals surface area contributed by atoms with Crippen molar-refractivity contribution in [3.05, 3.63) is 0 Å². The molecular weight excluding hydrogens is 208 g/mol. The van der Waals surface area contributed by atoms with Gasteiger partial charge < -0.3 is 0 Å². The second kappa shape index (κ2) is 5.28. The number of thiol groups is 1. The number of hydroxylamine groups is 1. The van der Waals surface area contributed by atoms with Crippen LogP contribution in [0.1, 0.15) is 25.7 Å². The summed E-state index contributed by atoms with van der Waals surface area (Å²) in [4.78, 5) is 10.7. The Balaban J connectivity index is 2.55. The fraction of sp³-hybridized carbons (Fsp3) is 0.857. The van der Waals surface area contributed by atoms with E-state index in [0.29, 0.717) is 6.41 Å². The summed E-state index contributed by atoms with van der Waals surface area (Å²) in [6, 6.07) is 0.0625. The van der Waals surface area contributed by atoms with Crippen LogP contribution in [0.15, 0.2) is 0 Å². The molecule has 0 radical (unpaired) electrons. The molecule has 14 heavy (non-hydrogen) atoms. The van der Waals surface area contributed by atoms with Gasteiger partial charge in [0.2, 0.25) is 6.41 Å². The van der Waals surface area contributed by atoms with Crippen molar-refractivity contribution in [3.63, 3.8) is 0 Å². The fourth-order valence-electron chi connectivity index (χ4n) is 1.69. The summed E-state index contributed by atoms with van der Waals surface area (Å²) in [6.45, 7) is 0. The van der Waals surface area contributed by atoms with Crippen LogP contribution in [0, 0.1) is 0 Å². The molecule has 0 bridgehead atoms. The first-order valence-electron chi connectivity index (χ1n) is 4.45. The largest absolute Gasteiger partial charge is 0.277 e. The van der Waals surface area contributed by atoms with Crippen LogP contribution in [0.4, 0.5) is 0 Å². The first-order valence-corrected chi connectivity index (χ1v) is 5.54. The van der Waals surface area contributed by atoms with Crippen LogP contribution >= 0.6 is 0 Å². The van der Waals surface area contributed by atoms with Crippen LogP contribution in [-0.4, -0.2) is 38.1 Å². The number of carbonyl (C=O) groups excluding carboxylic acids is 1. The van der Waals surface area contributed by atoms with Crippen molar-refractivity contribution in [3.8, 4) is 0 Å². The average molecular weight is 222 g/mol. The molecule has 82 valence electrons. The molecule has 0 spiro atoms. The Bertz CT molecular complexity index is 254. The lowest BCUT2D eigenvalue weighted by Gasteiger charge is -2.29. The third-order valence-electron chi connectivity index (χ3n) is 2.32. The Hall–Kier alpha value is -0.660. The lowest BCUT2D eigenvalue weighted by molar-refractivity contribution is -0.203. The van der Waals surface area contributed by atoms with E-state index in [1.807, 2.05) is 0 Å². The highest BCUT2D eigenvalue weighted by Gasteiger charge is 2.25. The van der Waals surface area contributed by atoms with Crippen molar-refractivity contribution in [2.24, 2.45) is 0 Å². The summed E-state index contributed by atoms with van der Waals surface area (Å²) in [5.74, 6) is 0. The first kappa shape index (κ1) is 11.4. The smallest absolute Gasteiger partial charge is 0.274 e. The van der Waals surface area contributed by atoms with Gasteiger partial charge in [-0.15, -0.1) is 0 Å². The molecule has 0 aliphatic heterocycles. The first-order chi connectivity index (χ1) is 6.65. The number of hydrogen-bond acceptors (Lipinski definition) is 5. The summed E-state index contributed by atoms with van der Waals surface area (Å²) in [6.07, 6.45) is 4.50. The number of amides is 1. The van der Waals surface area contributed by atoms with E-state index in [4.69, 9.17) is 0 Å². The van der Waals surface area contributed by atoms with Crippen LogP contribution < -0.4 is 0 Å². The predicted octanol–water partition coefficient (Wildman–Crippen LogP) is -0.308. The number of nitrogens with zero attached hydrogens (tertiary/aromatic N) is 2. The Labute approximate surface area is 84.5 Å². The zero-order valence-electron chi connectivity index (χ0n) is 7.96. The SMILES string of the molecule is CN(O[SH](=O)=O)N(C=O)C1CCCC1. The maximum Gasteiger partial charge on any atom is 0.274 e. The van der Waals surface area contributed by atoms with Crippen molar-refractivity contribution in [1.29, 1.82) is 0 Å². The maximum atomic E-state index is 10.7. The molecule has 0 heterocycles. The molecule has 7 heteroatoms. The van der Waals surface area contributed by atoms with Crippen molar-refractivity contribution in [1.82, 2.24) is 10.2 Å². The number of carbonyl (C=O) groups is 1. The molecule has 0 unspecified atom stereocenters. The zero-order valence-corrected chi connectivity index (χ0v) is 8.85. The van der Waals surface area contributed by atoms with Gasteiger partial charge in [0.05, 0.1) is 6.04 Å². The Morgan fingerprint density at radius 1 is 1.36 bits per heavy atom. The van der Waals surface area contributed by atoms with E-state index in [1.54, 1.807) is 0 Å². The van der Waals surface area contributed by atoms with Gasteiger partial charge in [0.25, 0.3) is 11.0 Å². The molecule has 1 rings (SSSR count). The number of hydrazine groups is 1. The van der Waals surface area contributed by atoms with Crippen molar-refractivity contribution >= 4 is 17.4 Å². The zero-order chi connectivity index (χ0) is 10.6. The molecule has 1 saturated carbocycles. The van der Waals surface area contributed by atoms with Gasteiger partial charge in [0.15, 0.2) is 0 Å². The fourth-order valence-corrected chi connectivity index (χ4v) is 1.97. The van der Waals surface area contributed by atoms with Crippen LogP contribution in [0.5, 0.6) is 0 Å². The molecule has 1 aliphatic rings. The van der Waals surface area contributed by atoms with E-state index < -0.39 is 11.0 Å². The second-order valence-electron chi connectivity index (χ2n) is 3.19. The van der Waals surface area contributed by atoms with Crippen LogP contribution in [0.3, 0.4) is 0 Å². The number of hydrogen-bond donors (Lipinski definition) is 1. The Morgan fingerprint density at radius 2 is 1.93 bits per heavy atom. The van der Waals surface area contributed by atoms with E-state index in [9.17, 15) is 13.2 Å². The van der Waals surface area contributed by atoms with Crippen LogP contribution in [-0.2, 0) is 20.1 Å². The maximum absolute atomic E-state index is 10.7. The monoisotopic (exact) mass is 222 g/mol. The predicted molar refractivity (Wildman–Crippen MR) is 49.3 cm³/mol. The molecule has 0 aromatic heterocycles. The lowest BCUT2D eigenvalue weighted by Crippen LogP contribution is -2.44. The molecular formula is C7H14N2O4S. The van der Waals surface area contributed by atoms with Crippen molar-refractivity contribution in [2.75, 3.05) is 7.05 Å². The van der Waals surface area contributed by atoms with E-state index in [2.05, 4.69) is 4.28 Å². The highest BCUT2D eigenvalue weighted by molar-refractivity contribution is 7.67. The molecule has 0 atom stereocenters. The molecule has 6 nitrogen and oxygen atoms in total. The molecule has 0 aromatic carbocycles. The van der Waals surface area contributed by atoms with Gasteiger partial charge in [-0.25, -0.2) is 8.42 Å². The molecule has 1 fully saturated rings. The highest BCUT2D eigenvalue weighted by Crippen LogP contribution is 2.23. The highest BCUT2D eigenvalue weighted by atomic mass is 32.2. The van der Waals surface area contributed by atoms with E-state index >= 15 is 0 Å². The van der Waals surface area contributed by atoms with Crippen LogP contribution in [0.2, 0.25) is 0 Å². The molecule has 1 amide bonds. The van der Waals surface area contributed by atoms with Gasteiger partial charge in [-0.3, -0.25) is 9.80 Å². The van der Waals surface area contributed by atoms with Gasteiger partial charge in [-0.2, -0.15) is 4.28 Å². The summed E-state index contributed by atoms with van der Waals surface area (Å²) in [5, 5.41) is 2.24. The summed E-state index contributed by atoms with van der Waals surface area (Å²) < 4.78 is 24.9. The molecule has 0 N–H and O–H groups in total. The number of rotatable bonds is 5. The summed E-state index contributed by atoms with van der Waals surface area (Å²) in [5.41, 5.74) is 0. The van der Waals surface area contributed by atoms with Crippen LogP contribution in [0.25, 0.3) is 0 Å². The van der Waals surface area contributed by atoms with Gasteiger partial charge in [0.1, 0.15) is 0 Å². The van der Waals surface area contributed by atoms with Gasteiger partial charge >= 0.3 is 0 Å². The minimum Gasteiger partial charge on any atom is -0.277 e. The Morgan fingerprint density at radius 3 is 2.36 bits per heavy atom. The molecule has 0 aromatic rings. The topological polar surface area (TPSA) is 66.9 Å². The minimum atomic E-state index is -2.97. The minimum absolute atomic E-state index is 0.0625. The Kier molecular flexibility index (Phi) is 4.30. The normalized spacial score (nSPS) is 17.9. The standard InChI is InChI=1S/C7H14N2O4S/c1-8(13-14(11)12)9(6-10)7-4-2-3-5-7/h6-7,14H,2-5H2,1H3. The van der Waals surface area contributed by atoms with E-state index in [-0.39, 0.29) is 6.04 Å². The molecule has 0 saturated heterocycles. The quantitative estimate of drug-likeness (QED) is 0.393. The summed E-state index contributed by atoms with van der Waals surface area (Å²) in [7, 11) is -1.57. The van der Waals surface area contributed by atoms with Gasteiger partial charge in [0, 0.05) is 7.05 Å². The van der Waals surface area contributed by atoms with Gasteiger partial charge in [-0.1, -0.05) is 18.0 Å². The van der Waals surface area contributed by atoms with Crippen molar-refractivity contribution in [2.45, 2.75) is 31.7 Å². The molecule has 1 aliphatic carbocycles. The second-order valence-corrected chi connectivity index (χ2v) is 3.80.